The maximum absolute atomic E-state index is 11.5. The van der Waals surface area contributed by atoms with E-state index in [1.165, 1.54) is 7.11 Å². The van der Waals surface area contributed by atoms with E-state index in [-0.39, 0.29) is 0 Å². The molecule has 2 aromatic carbocycles. The Bertz CT molecular complexity index is 1460. The fourth-order valence-corrected chi connectivity index (χ4v) is 4.98. The van der Waals surface area contributed by atoms with Crippen molar-refractivity contribution in [2.75, 3.05) is 39.2 Å². The summed E-state index contributed by atoms with van der Waals surface area (Å²) in [7, 11) is 5.63. The molecule has 0 atom stereocenters. The van der Waals surface area contributed by atoms with Crippen molar-refractivity contribution in [1.29, 1.82) is 5.26 Å². The van der Waals surface area contributed by atoms with Gasteiger partial charge < -0.3 is 19.9 Å². The Morgan fingerprint density at radius 3 is 2.42 bits per heavy atom. The van der Waals surface area contributed by atoms with Crippen molar-refractivity contribution in [2.45, 2.75) is 25.4 Å². The highest BCUT2D eigenvalue weighted by Crippen LogP contribution is 2.37. The molecule has 0 aliphatic carbocycles. The lowest BCUT2D eigenvalue weighted by Crippen LogP contribution is -2.43. The topological polar surface area (TPSA) is 98.8 Å². The van der Waals surface area contributed by atoms with Crippen LogP contribution in [0.3, 0.4) is 0 Å². The number of nitrogens with zero attached hydrogens (tertiary/aromatic N) is 6. The van der Waals surface area contributed by atoms with E-state index in [2.05, 4.69) is 44.4 Å². The van der Waals surface area contributed by atoms with Crippen LogP contribution in [0.25, 0.3) is 28.0 Å². The summed E-state index contributed by atoms with van der Waals surface area (Å²) >= 11 is 0. The van der Waals surface area contributed by atoms with Gasteiger partial charge in [0.1, 0.15) is 5.65 Å². The van der Waals surface area contributed by atoms with Crippen molar-refractivity contribution in [1.82, 2.24) is 24.6 Å². The Kier molecular flexibility index (Phi) is 7.24. The molecule has 0 unspecified atom stereocenters. The molecule has 1 aliphatic heterocycles. The lowest BCUT2D eigenvalue weighted by Gasteiger charge is -2.36. The molecule has 194 valence electrons. The van der Waals surface area contributed by atoms with Gasteiger partial charge in [0.15, 0.2) is 0 Å². The largest absolute Gasteiger partial charge is 0.453 e. The minimum absolute atomic E-state index is 0.369. The molecule has 1 N–H and O–H groups in total. The number of amides is 1. The molecule has 5 rings (SSSR count). The van der Waals surface area contributed by atoms with E-state index in [4.69, 9.17) is 9.97 Å². The molecule has 1 saturated heterocycles. The SMILES string of the molecule is COC(=O)NCc1ccc(-c2c(-c3ccc(C#N)cc3)nc(N3CCC(N(C)C)CC3)n3ccnc23)cc1. The van der Waals surface area contributed by atoms with Crippen LogP contribution in [0, 0.1) is 11.3 Å². The van der Waals surface area contributed by atoms with Crippen LogP contribution in [0.15, 0.2) is 60.9 Å². The van der Waals surface area contributed by atoms with Crippen molar-refractivity contribution in [3.63, 3.8) is 0 Å². The van der Waals surface area contributed by atoms with Crippen LogP contribution in [0.1, 0.15) is 24.0 Å². The minimum Gasteiger partial charge on any atom is -0.453 e. The van der Waals surface area contributed by atoms with Crippen molar-refractivity contribution in [3.05, 3.63) is 72.1 Å². The number of piperidine rings is 1. The predicted octanol–water partition coefficient (Wildman–Crippen LogP) is 4.32. The van der Waals surface area contributed by atoms with Crippen molar-refractivity contribution in [3.8, 4) is 28.5 Å². The first-order chi connectivity index (χ1) is 18.5. The Labute approximate surface area is 222 Å². The number of methoxy groups -OCH3 is 1. The number of hydrogen-bond acceptors (Lipinski definition) is 7. The zero-order chi connectivity index (χ0) is 26.6. The summed E-state index contributed by atoms with van der Waals surface area (Å²) in [6.45, 7) is 2.20. The number of fused-ring (bicyclic) bond motifs is 1. The Balaban J connectivity index is 1.59. The van der Waals surface area contributed by atoms with Crippen molar-refractivity contribution in [2.24, 2.45) is 0 Å². The number of nitrogens with one attached hydrogen (secondary N) is 1. The molecule has 38 heavy (non-hydrogen) atoms. The third-order valence-electron chi connectivity index (χ3n) is 7.16. The number of carbonyl (C=O) groups excluding carboxylic acids is 1. The number of hydrogen-bond donors (Lipinski definition) is 1. The predicted molar refractivity (Wildman–Crippen MR) is 147 cm³/mol. The van der Waals surface area contributed by atoms with Gasteiger partial charge in [0.05, 0.1) is 30.0 Å². The second-order valence-corrected chi connectivity index (χ2v) is 9.67. The summed E-state index contributed by atoms with van der Waals surface area (Å²) in [6.07, 6.45) is 5.45. The lowest BCUT2D eigenvalue weighted by molar-refractivity contribution is 0.170. The molecule has 0 radical (unpaired) electrons. The molecule has 3 heterocycles. The van der Waals surface area contributed by atoms with Crippen LogP contribution in [-0.2, 0) is 11.3 Å². The van der Waals surface area contributed by atoms with Gasteiger partial charge in [-0.05, 0) is 50.2 Å². The average Bonchev–Trinajstić information content (AvgIpc) is 3.45. The lowest BCUT2D eigenvalue weighted by atomic mass is 9.98. The van der Waals surface area contributed by atoms with Crippen LogP contribution >= 0.6 is 0 Å². The molecular formula is C29H31N7O2. The highest BCUT2D eigenvalue weighted by molar-refractivity contribution is 5.91. The molecule has 4 aromatic rings. The minimum atomic E-state index is -0.467. The summed E-state index contributed by atoms with van der Waals surface area (Å²) in [4.78, 5) is 26.1. The number of anilines is 1. The van der Waals surface area contributed by atoms with Crippen LogP contribution in [-0.4, -0.2) is 65.7 Å². The van der Waals surface area contributed by atoms with Crippen molar-refractivity contribution >= 4 is 17.7 Å². The molecule has 1 fully saturated rings. The number of ether oxygens (including phenoxy) is 1. The first-order valence-corrected chi connectivity index (χ1v) is 12.7. The van der Waals surface area contributed by atoms with Gasteiger partial charge in [-0.2, -0.15) is 5.26 Å². The number of aromatic nitrogens is 3. The molecular weight excluding hydrogens is 478 g/mol. The second-order valence-electron chi connectivity index (χ2n) is 9.67. The molecule has 1 aliphatic rings. The number of nitriles is 1. The van der Waals surface area contributed by atoms with E-state index < -0.39 is 6.09 Å². The van der Waals surface area contributed by atoms with E-state index in [0.717, 1.165) is 65.5 Å². The Morgan fingerprint density at radius 2 is 1.79 bits per heavy atom. The van der Waals surface area contributed by atoms with Crippen molar-refractivity contribution < 1.29 is 9.53 Å². The molecule has 1 amide bonds. The summed E-state index contributed by atoms with van der Waals surface area (Å²) in [6, 6.07) is 18.3. The highest BCUT2D eigenvalue weighted by atomic mass is 16.5. The monoisotopic (exact) mass is 509 g/mol. The van der Waals surface area contributed by atoms with Gasteiger partial charge >= 0.3 is 6.09 Å². The second kappa shape index (κ2) is 10.9. The fraction of sp³-hybridized carbons (Fsp3) is 0.310. The van der Waals surface area contributed by atoms with Crippen LogP contribution in [0.5, 0.6) is 0 Å². The van der Waals surface area contributed by atoms with E-state index in [9.17, 15) is 10.1 Å². The van der Waals surface area contributed by atoms with Gasteiger partial charge in [-0.15, -0.1) is 0 Å². The molecule has 0 spiro atoms. The van der Waals surface area contributed by atoms with Crippen LogP contribution in [0.2, 0.25) is 0 Å². The maximum Gasteiger partial charge on any atom is 0.407 e. The van der Waals surface area contributed by atoms with Gasteiger partial charge in [0.2, 0.25) is 5.95 Å². The standard InChI is InChI=1S/C29H31N7O2/c1-34(2)24-12-15-35(16-13-24)28-33-26(23-10-4-20(18-30)5-11-23)25(27-31-14-17-36(27)28)22-8-6-21(7-9-22)19-32-29(37)38-3/h4-11,14,17,24H,12-13,15-16,19H2,1-3H3,(H,32,37). The quantitative estimate of drug-likeness (QED) is 0.413. The van der Waals surface area contributed by atoms with Gasteiger partial charge in [0.25, 0.3) is 0 Å². The Morgan fingerprint density at radius 1 is 1.11 bits per heavy atom. The highest BCUT2D eigenvalue weighted by Gasteiger charge is 2.26. The number of carbonyl (C=O) groups is 1. The van der Waals surface area contributed by atoms with Crippen LogP contribution in [0.4, 0.5) is 10.7 Å². The summed E-state index contributed by atoms with van der Waals surface area (Å²) in [5.41, 5.74) is 6.00. The normalized spacial score (nSPS) is 14.0. The number of benzene rings is 2. The first kappa shape index (κ1) is 25.2. The van der Waals surface area contributed by atoms with Gasteiger partial charge in [0, 0.05) is 43.6 Å². The third-order valence-corrected chi connectivity index (χ3v) is 7.16. The Hall–Kier alpha value is -4.42. The summed E-state index contributed by atoms with van der Waals surface area (Å²) < 4.78 is 6.74. The van der Waals surface area contributed by atoms with E-state index in [0.29, 0.717) is 18.2 Å². The third kappa shape index (κ3) is 5.04. The number of alkyl carbamates (subject to hydrolysis) is 1. The first-order valence-electron chi connectivity index (χ1n) is 12.7. The summed E-state index contributed by atoms with van der Waals surface area (Å²) in [5, 5.41) is 12.0. The van der Waals surface area contributed by atoms with Gasteiger partial charge in [-0.25, -0.2) is 14.8 Å². The number of imidazole rings is 1. The smallest absolute Gasteiger partial charge is 0.407 e. The number of rotatable bonds is 6. The molecule has 0 bridgehead atoms. The van der Waals surface area contributed by atoms with E-state index in [1.807, 2.05) is 60.9 Å². The molecule has 9 nitrogen and oxygen atoms in total. The van der Waals surface area contributed by atoms with E-state index >= 15 is 0 Å². The molecule has 9 heteroatoms. The van der Waals surface area contributed by atoms with E-state index in [1.54, 1.807) is 0 Å². The van der Waals surface area contributed by atoms with Gasteiger partial charge in [-0.1, -0.05) is 36.4 Å². The average molecular weight is 510 g/mol. The molecule has 0 saturated carbocycles. The van der Waals surface area contributed by atoms with Gasteiger partial charge in [-0.3, -0.25) is 4.40 Å². The fourth-order valence-electron chi connectivity index (χ4n) is 4.98. The molecule has 2 aromatic heterocycles. The van der Waals surface area contributed by atoms with Crippen LogP contribution < -0.4 is 10.2 Å². The zero-order valence-corrected chi connectivity index (χ0v) is 21.9. The maximum atomic E-state index is 11.5. The summed E-state index contributed by atoms with van der Waals surface area (Å²) in [5.74, 6) is 0.872. The zero-order valence-electron chi connectivity index (χ0n) is 21.9.